The Hall–Kier alpha value is -0.730. The van der Waals surface area contributed by atoms with Gasteiger partial charge in [0.25, 0.3) is 0 Å². The van der Waals surface area contributed by atoms with E-state index in [9.17, 15) is 0 Å². The van der Waals surface area contributed by atoms with Crippen LogP contribution in [-0.2, 0) is 6.42 Å². The quantitative estimate of drug-likeness (QED) is 0.842. The molecule has 0 aliphatic heterocycles. The maximum atomic E-state index is 6.07. The molecule has 1 unspecified atom stereocenters. The summed E-state index contributed by atoms with van der Waals surface area (Å²) in [6.07, 6.45) is 2.02. The number of hydrogen-bond donors (Lipinski definition) is 1. The molecule has 2 N–H and O–H groups in total. The smallest absolute Gasteiger partial charge is 0.0410 e. The Morgan fingerprint density at radius 3 is 2.59 bits per heavy atom. The van der Waals surface area contributed by atoms with Crippen molar-refractivity contribution in [2.45, 2.75) is 39.7 Å². The van der Waals surface area contributed by atoms with Crippen LogP contribution in [0.4, 0.5) is 5.69 Å². The summed E-state index contributed by atoms with van der Waals surface area (Å²) in [7, 11) is 0. The van der Waals surface area contributed by atoms with Crippen molar-refractivity contribution in [1.82, 2.24) is 0 Å². The number of nitrogens with zero attached hydrogens (tertiary/aromatic N) is 1. The average Bonchev–Trinajstić information content (AvgIpc) is 2.26. The predicted molar refractivity (Wildman–Crippen MR) is 77.0 cm³/mol. The van der Waals surface area contributed by atoms with Gasteiger partial charge in [-0.1, -0.05) is 18.5 Å². The van der Waals surface area contributed by atoms with E-state index in [4.69, 9.17) is 17.3 Å². The van der Waals surface area contributed by atoms with E-state index in [0.29, 0.717) is 0 Å². The van der Waals surface area contributed by atoms with E-state index in [1.807, 2.05) is 19.1 Å². The van der Waals surface area contributed by atoms with Crippen LogP contribution >= 0.6 is 11.6 Å². The largest absolute Gasteiger partial charge is 0.372 e. The Balaban J connectivity index is 3.02. The minimum absolute atomic E-state index is 0.160. The standard InChI is InChI=1S/C14H23ClN2/c1-4-8-17(5-2)14-7-6-13(15)10-12(14)9-11(3)16/h6-7,10-11H,4-5,8-9,16H2,1-3H3. The van der Waals surface area contributed by atoms with E-state index in [1.54, 1.807) is 0 Å². The molecule has 1 aromatic rings. The molecule has 0 radical (unpaired) electrons. The number of nitrogens with two attached hydrogens (primary N) is 1. The van der Waals surface area contributed by atoms with Crippen LogP contribution in [0.1, 0.15) is 32.8 Å². The minimum atomic E-state index is 0.160. The Kier molecular flexibility index (Phi) is 5.79. The molecule has 3 heteroatoms. The van der Waals surface area contributed by atoms with Gasteiger partial charge >= 0.3 is 0 Å². The summed E-state index contributed by atoms with van der Waals surface area (Å²) in [5.41, 5.74) is 8.42. The summed E-state index contributed by atoms with van der Waals surface area (Å²) in [5, 5.41) is 0.789. The number of hydrogen-bond acceptors (Lipinski definition) is 2. The van der Waals surface area contributed by atoms with E-state index in [2.05, 4.69) is 24.8 Å². The zero-order chi connectivity index (χ0) is 12.8. The SMILES string of the molecule is CCCN(CC)c1ccc(Cl)cc1CC(C)N. The summed E-state index contributed by atoms with van der Waals surface area (Å²) in [6.45, 7) is 8.50. The highest BCUT2D eigenvalue weighted by atomic mass is 35.5. The van der Waals surface area contributed by atoms with Crippen molar-refractivity contribution in [3.63, 3.8) is 0 Å². The van der Waals surface area contributed by atoms with Crippen LogP contribution in [0.25, 0.3) is 0 Å². The lowest BCUT2D eigenvalue weighted by Gasteiger charge is -2.26. The van der Waals surface area contributed by atoms with Crippen molar-refractivity contribution in [2.24, 2.45) is 5.73 Å². The molecule has 17 heavy (non-hydrogen) atoms. The van der Waals surface area contributed by atoms with Gasteiger partial charge in [0.1, 0.15) is 0 Å². The fraction of sp³-hybridized carbons (Fsp3) is 0.571. The molecule has 1 aromatic carbocycles. The summed E-state index contributed by atoms with van der Waals surface area (Å²) >= 11 is 6.07. The Bertz CT molecular complexity index is 350. The fourth-order valence-corrected chi connectivity index (χ4v) is 2.29. The molecular formula is C14H23ClN2. The molecule has 0 fully saturated rings. The van der Waals surface area contributed by atoms with Crippen LogP contribution in [0, 0.1) is 0 Å². The first-order chi connectivity index (χ1) is 8.08. The van der Waals surface area contributed by atoms with Crippen molar-refractivity contribution in [2.75, 3.05) is 18.0 Å². The second-order valence-corrected chi connectivity index (χ2v) is 4.97. The third-order valence-corrected chi connectivity index (χ3v) is 3.03. The van der Waals surface area contributed by atoms with Gasteiger partial charge in [0.15, 0.2) is 0 Å². The van der Waals surface area contributed by atoms with Gasteiger partial charge in [-0.05, 0) is 50.5 Å². The van der Waals surface area contributed by atoms with Crippen LogP contribution in [-0.4, -0.2) is 19.1 Å². The second-order valence-electron chi connectivity index (χ2n) is 4.53. The summed E-state index contributed by atoms with van der Waals surface area (Å²) in [4.78, 5) is 2.38. The van der Waals surface area contributed by atoms with Gasteiger partial charge in [-0.3, -0.25) is 0 Å². The van der Waals surface area contributed by atoms with Gasteiger partial charge in [-0.25, -0.2) is 0 Å². The monoisotopic (exact) mass is 254 g/mol. The topological polar surface area (TPSA) is 29.3 Å². The zero-order valence-corrected chi connectivity index (χ0v) is 11.8. The molecule has 0 amide bonds. The molecule has 0 aliphatic rings. The van der Waals surface area contributed by atoms with E-state index in [0.717, 1.165) is 31.0 Å². The lowest BCUT2D eigenvalue weighted by Crippen LogP contribution is -2.26. The van der Waals surface area contributed by atoms with Crippen LogP contribution in [0.3, 0.4) is 0 Å². The van der Waals surface area contributed by atoms with Crippen molar-refractivity contribution in [3.8, 4) is 0 Å². The van der Waals surface area contributed by atoms with Crippen molar-refractivity contribution in [1.29, 1.82) is 0 Å². The molecular weight excluding hydrogens is 232 g/mol. The molecule has 0 spiro atoms. The molecule has 0 aliphatic carbocycles. The first-order valence-electron chi connectivity index (χ1n) is 6.37. The molecule has 0 bridgehead atoms. The molecule has 2 nitrogen and oxygen atoms in total. The van der Waals surface area contributed by atoms with Gasteiger partial charge < -0.3 is 10.6 Å². The van der Waals surface area contributed by atoms with E-state index >= 15 is 0 Å². The maximum Gasteiger partial charge on any atom is 0.0410 e. The number of anilines is 1. The third-order valence-electron chi connectivity index (χ3n) is 2.80. The third kappa shape index (κ3) is 4.21. The minimum Gasteiger partial charge on any atom is -0.372 e. The molecule has 0 saturated heterocycles. The average molecular weight is 255 g/mol. The summed E-state index contributed by atoms with van der Waals surface area (Å²) < 4.78 is 0. The predicted octanol–water partition coefficient (Wildman–Crippen LogP) is 3.47. The van der Waals surface area contributed by atoms with Crippen LogP contribution in [0.15, 0.2) is 18.2 Å². The molecule has 1 rings (SSSR count). The lowest BCUT2D eigenvalue weighted by atomic mass is 10.0. The van der Waals surface area contributed by atoms with Crippen molar-refractivity contribution < 1.29 is 0 Å². The van der Waals surface area contributed by atoms with E-state index in [-0.39, 0.29) is 6.04 Å². The maximum absolute atomic E-state index is 6.07. The van der Waals surface area contributed by atoms with Gasteiger partial charge in [0, 0.05) is 29.8 Å². The first kappa shape index (κ1) is 14.3. The van der Waals surface area contributed by atoms with Gasteiger partial charge in [-0.2, -0.15) is 0 Å². The first-order valence-corrected chi connectivity index (χ1v) is 6.75. The van der Waals surface area contributed by atoms with Gasteiger partial charge in [-0.15, -0.1) is 0 Å². The van der Waals surface area contributed by atoms with Gasteiger partial charge in [0.05, 0.1) is 0 Å². The molecule has 0 saturated carbocycles. The van der Waals surface area contributed by atoms with Crippen LogP contribution in [0.2, 0.25) is 5.02 Å². The molecule has 0 heterocycles. The zero-order valence-electron chi connectivity index (χ0n) is 11.0. The highest BCUT2D eigenvalue weighted by Gasteiger charge is 2.11. The lowest BCUT2D eigenvalue weighted by molar-refractivity contribution is 0.726. The number of halogens is 1. The summed E-state index contributed by atoms with van der Waals surface area (Å²) in [5.74, 6) is 0. The molecule has 96 valence electrons. The number of rotatable bonds is 6. The number of benzene rings is 1. The fourth-order valence-electron chi connectivity index (χ4n) is 2.09. The van der Waals surface area contributed by atoms with Gasteiger partial charge in [0.2, 0.25) is 0 Å². The van der Waals surface area contributed by atoms with Crippen molar-refractivity contribution >= 4 is 17.3 Å². The Morgan fingerprint density at radius 2 is 2.06 bits per heavy atom. The molecule has 0 aromatic heterocycles. The van der Waals surface area contributed by atoms with E-state index in [1.165, 1.54) is 11.3 Å². The Labute approximate surface area is 110 Å². The van der Waals surface area contributed by atoms with Crippen molar-refractivity contribution in [3.05, 3.63) is 28.8 Å². The second kappa shape index (κ2) is 6.87. The van der Waals surface area contributed by atoms with E-state index < -0.39 is 0 Å². The summed E-state index contributed by atoms with van der Waals surface area (Å²) in [6, 6.07) is 6.27. The Morgan fingerprint density at radius 1 is 1.35 bits per heavy atom. The highest BCUT2D eigenvalue weighted by Crippen LogP contribution is 2.25. The molecule has 1 atom stereocenters. The van der Waals surface area contributed by atoms with Crippen LogP contribution in [0.5, 0.6) is 0 Å². The normalized spacial score (nSPS) is 12.5. The van der Waals surface area contributed by atoms with Crippen LogP contribution < -0.4 is 10.6 Å². The highest BCUT2D eigenvalue weighted by molar-refractivity contribution is 6.30.